The number of hydrogen-bond donors (Lipinski definition) is 0. The zero-order valence-electron chi connectivity index (χ0n) is 19.6. The largest absolute Gasteiger partial charge is 0.101 e. The van der Waals surface area contributed by atoms with Crippen LogP contribution in [0.4, 0.5) is 0 Å². The Balaban J connectivity index is 1.40. The highest BCUT2D eigenvalue weighted by atomic mass is 14.3. The van der Waals surface area contributed by atoms with Gasteiger partial charge in [-0.15, -0.1) is 5.92 Å². The van der Waals surface area contributed by atoms with E-state index in [1.165, 1.54) is 76.2 Å². The van der Waals surface area contributed by atoms with Crippen molar-refractivity contribution < 1.29 is 0 Å². The van der Waals surface area contributed by atoms with Crippen LogP contribution in [-0.4, -0.2) is 0 Å². The first kappa shape index (κ1) is 23.2. The molecule has 1 fully saturated rings. The number of rotatable bonds is 8. The molecule has 0 nitrogen and oxygen atoms in total. The third kappa shape index (κ3) is 8.31. The lowest BCUT2D eigenvalue weighted by Gasteiger charge is -2.28. The molecule has 1 aliphatic carbocycles. The summed E-state index contributed by atoms with van der Waals surface area (Å²) in [5.41, 5.74) is 4.61. The van der Waals surface area contributed by atoms with E-state index in [0.29, 0.717) is 0 Å². The maximum absolute atomic E-state index is 3.29. The van der Waals surface area contributed by atoms with Gasteiger partial charge in [0.1, 0.15) is 0 Å². The van der Waals surface area contributed by atoms with E-state index < -0.39 is 0 Å². The first-order valence-electron chi connectivity index (χ1n) is 12.4. The Morgan fingerprint density at radius 2 is 1.16 bits per heavy atom. The predicted molar refractivity (Wildman–Crippen MR) is 134 cm³/mol. The minimum Gasteiger partial charge on any atom is -0.101 e. The zero-order valence-corrected chi connectivity index (χ0v) is 19.6. The Bertz CT molecular complexity index is 885. The second-order valence-electron chi connectivity index (χ2n) is 9.17. The van der Waals surface area contributed by atoms with Crippen molar-refractivity contribution in [1.82, 2.24) is 0 Å². The molecule has 0 heterocycles. The minimum absolute atomic E-state index is 0.937. The van der Waals surface area contributed by atoms with Crippen LogP contribution in [0.5, 0.6) is 0 Å². The summed E-state index contributed by atoms with van der Waals surface area (Å²) in [5.74, 6) is 14.5. The van der Waals surface area contributed by atoms with Crippen LogP contribution in [-0.2, 0) is 6.42 Å². The highest BCUT2D eigenvalue weighted by Gasteiger charge is 2.20. The molecule has 162 valence electrons. The second kappa shape index (κ2) is 13.1. The Morgan fingerprint density at radius 3 is 1.71 bits per heavy atom. The molecule has 0 spiro atoms. The fourth-order valence-electron chi connectivity index (χ4n) is 4.72. The molecular weight excluding hydrogens is 372 g/mol. The summed E-state index contributed by atoms with van der Waals surface area (Å²) in [6, 6.07) is 17.0. The van der Waals surface area contributed by atoms with E-state index in [1.807, 2.05) is 31.2 Å². The summed E-state index contributed by atoms with van der Waals surface area (Å²) >= 11 is 0. The molecule has 1 saturated carbocycles. The van der Waals surface area contributed by atoms with Gasteiger partial charge in [-0.05, 0) is 73.6 Å². The first-order chi connectivity index (χ1) is 15.3. The Labute approximate surface area is 190 Å². The lowest BCUT2D eigenvalue weighted by atomic mass is 9.77. The van der Waals surface area contributed by atoms with Gasteiger partial charge in [0.15, 0.2) is 0 Å². The Kier molecular flexibility index (Phi) is 9.80. The molecule has 0 heteroatoms. The van der Waals surface area contributed by atoms with Gasteiger partial charge in [0.25, 0.3) is 0 Å². The van der Waals surface area contributed by atoms with Crippen molar-refractivity contribution in [2.45, 2.75) is 84.5 Å². The van der Waals surface area contributed by atoms with Gasteiger partial charge in [-0.1, -0.05) is 94.6 Å². The van der Waals surface area contributed by atoms with E-state index >= 15 is 0 Å². The fourth-order valence-corrected chi connectivity index (χ4v) is 4.72. The lowest BCUT2D eigenvalue weighted by molar-refractivity contribution is 0.249. The van der Waals surface area contributed by atoms with Gasteiger partial charge in [-0.2, -0.15) is 0 Å². The van der Waals surface area contributed by atoms with Crippen molar-refractivity contribution in [2.75, 3.05) is 0 Å². The van der Waals surface area contributed by atoms with Crippen molar-refractivity contribution in [3.8, 4) is 23.7 Å². The maximum atomic E-state index is 3.29. The second-order valence-corrected chi connectivity index (χ2v) is 9.17. The van der Waals surface area contributed by atoms with Crippen molar-refractivity contribution in [1.29, 1.82) is 0 Å². The van der Waals surface area contributed by atoms with Crippen molar-refractivity contribution >= 4 is 0 Å². The van der Waals surface area contributed by atoms with Crippen LogP contribution < -0.4 is 0 Å². The van der Waals surface area contributed by atoms with Crippen LogP contribution in [0, 0.1) is 35.5 Å². The average Bonchev–Trinajstić information content (AvgIpc) is 2.82. The summed E-state index contributed by atoms with van der Waals surface area (Å²) in [6.45, 7) is 4.16. The smallest absolute Gasteiger partial charge is 0.0249 e. The standard InChI is InChI=1S/C31H38/c1-3-5-6-7-9-27-12-16-29(17-13-27)19-21-31-24-22-30(23-25-31)20-18-28-14-10-26(8-4-2)11-15-28/h10-11,14-15,22-25,27,29H,3,5-7,9,12-13,16-17,19,21H2,1-2H3/t27-,29-. The molecule has 0 atom stereocenters. The molecule has 0 saturated heterocycles. The van der Waals surface area contributed by atoms with E-state index in [0.717, 1.165) is 28.5 Å². The van der Waals surface area contributed by atoms with E-state index in [9.17, 15) is 0 Å². The van der Waals surface area contributed by atoms with Crippen molar-refractivity contribution in [3.63, 3.8) is 0 Å². The van der Waals surface area contributed by atoms with E-state index in [-0.39, 0.29) is 0 Å². The third-order valence-corrected chi connectivity index (χ3v) is 6.73. The fraction of sp³-hybridized carbons (Fsp3) is 0.484. The Hall–Kier alpha value is -2.44. The number of aryl methyl sites for hydroxylation is 1. The molecule has 2 aromatic carbocycles. The van der Waals surface area contributed by atoms with Crippen LogP contribution in [0.25, 0.3) is 0 Å². The lowest BCUT2D eigenvalue weighted by Crippen LogP contribution is -2.15. The highest BCUT2D eigenvalue weighted by Crippen LogP contribution is 2.34. The average molecular weight is 411 g/mol. The number of hydrogen-bond acceptors (Lipinski definition) is 0. The minimum atomic E-state index is 0.937. The first-order valence-corrected chi connectivity index (χ1v) is 12.4. The van der Waals surface area contributed by atoms with E-state index in [1.54, 1.807) is 0 Å². The molecule has 0 amide bonds. The van der Waals surface area contributed by atoms with Gasteiger partial charge in [-0.3, -0.25) is 0 Å². The summed E-state index contributed by atoms with van der Waals surface area (Å²) in [6.07, 6.45) is 15.5. The normalized spacial score (nSPS) is 17.9. The summed E-state index contributed by atoms with van der Waals surface area (Å²) < 4.78 is 0. The van der Waals surface area contributed by atoms with Crippen LogP contribution in [0.3, 0.4) is 0 Å². The quantitative estimate of drug-likeness (QED) is 0.304. The van der Waals surface area contributed by atoms with E-state index in [2.05, 4.69) is 54.9 Å². The molecule has 0 bridgehead atoms. The molecule has 31 heavy (non-hydrogen) atoms. The Morgan fingerprint density at radius 1 is 0.645 bits per heavy atom. The number of unbranched alkanes of at least 4 members (excludes halogenated alkanes) is 3. The van der Waals surface area contributed by atoms with Gasteiger partial charge in [0.05, 0.1) is 0 Å². The van der Waals surface area contributed by atoms with Gasteiger partial charge in [0, 0.05) is 16.7 Å². The zero-order chi connectivity index (χ0) is 21.7. The monoisotopic (exact) mass is 410 g/mol. The SMILES string of the molecule is CC#Cc1ccc(C#Cc2ccc(CC[C@H]3CC[C@H](CCCCCC)CC3)cc2)cc1. The molecule has 0 N–H and O–H groups in total. The highest BCUT2D eigenvalue weighted by molar-refractivity contribution is 5.46. The summed E-state index contributed by atoms with van der Waals surface area (Å²) in [7, 11) is 0. The molecule has 0 unspecified atom stereocenters. The molecular formula is C31H38. The molecule has 2 aromatic rings. The van der Waals surface area contributed by atoms with Gasteiger partial charge < -0.3 is 0 Å². The maximum Gasteiger partial charge on any atom is 0.0249 e. The molecule has 1 aliphatic rings. The van der Waals surface area contributed by atoms with Gasteiger partial charge in [0.2, 0.25) is 0 Å². The predicted octanol–water partition coefficient (Wildman–Crippen LogP) is 8.17. The summed E-state index contributed by atoms with van der Waals surface area (Å²) in [4.78, 5) is 0. The summed E-state index contributed by atoms with van der Waals surface area (Å²) in [5, 5.41) is 0. The topological polar surface area (TPSA) is 0 Å². The molecule has 0 radical (unpaired) electrons. The van der Waals surface area contributed by atoms with Crippen LogP contribution in [0.2, 0.25) is 0 Å². The van der Waals surface area contributed by atoms with Crippen LogP contribution in [0.15, 0.2) is 48.5 Å². The molecule has 0 aromatic heterocycles. The third-order valence-electron chi connectivity index (χ3n) is 6.73. The molecule has 3 rings (SSSR count). The van der Waals surface area contributed by atoms with Gasteiger partial charge in [-0.25, -0.2) is 0 Å². The van der Waals surface area contributed by atoms with Crippen LogP contribution >= 0.6 is 0 Å². The van der Waals surface area contributed by atoms with Crippen LogP contribution in [0.1, 0.15) is 100 Å². The van der Waals surface area contributed by atoms with Gasteiger partial charge >= 0.3 is 0 Å². The van der Waals surface area contributed by atoms with Crippen molar-refractivity contribution in [3.05, 3.63) is 70.8 Å². The molecule has 0 aliphatic heterocycles. The van der Waals surface area contributed by atoms with E-state index in [4.69, 9.17) is 0 Å². The van der Waals surface area contributed by atoms with Crippen molar-refractivity contribution in [2.24, 2.45) is 11.8 Å². The number of benzene rings is 2.